The lowest BCUT2D eigenvalue weighted by Crippen LogP contribution is -2.53. The average molecular weight is 328 g/mol. The highest BCUT2D eigenvalue weighted by atomic mass is 16.6. The lowest BCUT2D eigenvalue weighted by Gasteiger charge is -2.38. The molecule has 0 bridgehead atoms. The lowest BCUT2D eigenvalue weighted by molar-refractivity contribution is -0.131. The summed E-state index contributed by atoms with van der Waals surface area (Å²) >= 11 is 0. The molecule has 1 fully saturated rings. The Labute approximate surface area is 139 Å². The van der Waals surface area contributed by atoms with E-state index in [1.54, 1.807) is 4.90 Å². The van der Waals surface area contributed by atoms with Gasteiger partial charge >= 0.3 is 6.09 Å². The monoisotopic (exact) mass is 328 g/mol. The van der Waals surface area contributed by atoms with Crippen LogP contribution in [0, 0.1) is 11.8 Å². The molecule has 1 heterocycles. The third kappa shape index (κ3) is 7.20. The summed E-state index contributed by atoms with van der Waals surface area (Å²) in [6.07, 6.45) is 0.519. The molecule has 0 aromatic carbocycles. The van der Waals surface area contributed by atoms with Crippen LogP contribution in [0.3, 0.4) is 0 Å². The largest absolute Gasteiger partial charge is 0.444 e. The average Bonchev–Trinajstić information content (AvgIpc) is 2.35. The number of nitrogens with one attached hydrogen (secondary N) is 1. The zero-order valence-electron chi connectivity index (χ0n) is 15.3. The van der Waals surface area contributed by atoms with Gasteiger partial charge in [0.05, 0.1) is 12.1 Å². The maximum Gasteiger partial charge on any atom is 0.407 e. The summed E-state index contributed by atoms with van der Waals surface area (Å²) in [7, 11) is 0. The number of rotatable bonds is 4. The highest BCUT2D eigenvalue weighted by molar-refractivity contribution is 5.73. The predicted octanol–water partition coefficient (Wildman–Crippen LogP) is 2.16. The molecule has 2 amide bonds. The summed E-state index contributed by atoms with van der Waals surface area (Å²) in [5.74, 6) is 0.342. The third-order valence-corrected chi connectivity index (χ3v) is 4.05. The van der Waals surface area contributed by atoms with Gasteiger partial charge in [0.2, 0.25) is 5.91 Å². The van der Waals surface area contributed by atoms with Crippen LogP contribution in [0.1, 0.15) is 54.4 Å². The van der Waals surface area contributed by atoms with Gasteiger partial charge in [-0.05, 0) is 45.4 Å². The van der Waals surface area contributed by atoms with Crippen molar-refractivity contribution in [3.63, 3.8) is 0 Å². The van der Waals surface area contributed by atoms with Gasteiger partial charge in [0.15, 0.2) is 0 Å². The van der Waals surface area contributed by atoms with Crippen LogP contribution in [-0.4, -0.2) is 52.8 Å². The fraction of sp³-hybridized carbons (Fsp3) is 0.882. The van der Waals surface area contributed by atoms with E-state index in [4.69, 9.17) is 4.74 Å². The number of carbonyl (C=O) groups is 2. The number of hydrogen-bond donors (Lipinski definition) is 2. The molecule has 1 saturated heterocycles. The molecule has 0 aromatic heterocycles. The fourth-order valence-corrected chi connectivity index (χ4v) is 2.82. The van der Waals surface area contributed by atoms with Crippen molar-refractivity contribution in [1.29, 1.82) is 0 Å². The van der Waals surface area contributed by atoms with Gasteiger partial charge in [0, 0.05) is 20.0 Å². The summed E-state index contributed by atoms with van der Waals surface area (Å²) in [6, 6.07) is -0.146. The van der Waals surface area contributed by atoms with Crippen molar-refractivity contribution >= 4 is 12.0 Å². The van der Waals surface area contributed by atoms with E-state index in [2.05, 4.69) is 5.32 Å². The molecular weight excluding hydrogens is 296 g/mol. The van der Waals surface area contributed by atoms with E-state index < -0.39 is 17.8 Å². The number of carbonyl (C=O) groups excluding carboxylic acids is 2. The summed E-state index contributed by atoms with van der Waals surface area (Å²) in [5.41, 5.74) is -0.549. The Morgan fingerprint density at radius 3 is 2.39 bits per heavy atom. The predicted molar refractivity (Wildman–Crippen MR) is 89.0 cm³/mol. The summed E-state index contributed by atoms with van der Waals surface area (Å²) in [6.45, 7) is 12.1. The Balaban J connectivity index is 2.67. The highest BCUT2D eigenvalue weighted by Gasteiger charge is 2.32. The first kappa shape index (κ1) is 19.7. The number of nitrogens with zero attached hydrogens (tertiary/aromatic N) is 1. The molecule has 1 aliphatic heterocycles. The maximum atomic E-state index is 12.0. The van der Waals surface area contributed by atoms with Crippen LogP contribution in [-0.2, 0) is 9.53 Å². The van der Waals surface area contributed by atoms with Crippen molar-refractivity contribution in [2.75, 3.05) is 13.1 Å². The quantitative estimate of drug-likeness (QED) is 0.829. The van der Waals surface area contributed by atoms with Crippen LogP contribution in [0.2, 0.25) is 0 Å². The van der Waals surface area contributed by atoms with Crippen molar-refractivity contribution in [1.82, 2.24) is 10.2 Å². The van der Waals surface area contributed by atoms with Crippen molar-refractivity contribution in [2.45, 2.75) is 72.1 Å². The smallest absolute Gasteiger partial charge is 0.407 e. The second kappa shape index (κ2) is 7.99. The Morgan fingerprint density at radius 2 is 1.91 bits per heavy atom. The van der Waals surface area contributed by atoms with E-state index in [9.17, 15) is 14.7 Å². The molecule has 0 spiro atoms. The number of aliphatic hydroxyl groups is 1. The van der Waals surface area contributed by atoms with Gasteiger partial charge in [0.25, 0.3) is 0 Å². The number of likely N-dealkylation sites (tertiary alicyclic amines) is 1. The molecule has 0 aliphatic carbocycles. The minimum atomic E-state index is -0.549. The molecule has 2 N–H and O–H groups in total. The van der Waals surface area contributed by atoms with Crippen LogP contribution >= 0.6 is 0 Å². The summed E-state index contributed by atoms with van der Waals surface area (Å²) in [5, 5.41) is 13.0. The highest BCUT2D eigenvalue weighted by Crippen LogP contribution is 2.24. The van der Waals surface area contributed by atoms with E-state index in [0.29, 0.717) is 19.5 Å². The van der Waals surface area contributed by atoms with Gasteiger partial charge < -0.3 is 20.1 Å². The van der Waals surface area contributed by atoms with Gasteiger partial charge in [-0.3, -0.25) is 4.79 Å². The van der Waals surface area contributed by atoms with E-state index in [-0.39, 0.29) is 23.8 Å². The molecule has 1 rings (SSSR count). The van der Waals surface area contributed by atoms with Crippen LogP contribution in [0.5, 0.6) is 0 Å². The number of aliphatic hydroxyl groups excluding tert-OH is 1. The lowest BCUT2D eigenvalue weighted by atomic mass is 9.87. The first-order valence-corrected chi connectivity index (χ1v) is 8.41. The number of amides is 2. The molecule has 0 aromatic rings. The van der Waals surface area contributed by atoms with Crippen LogP contribution in [0.25, 0.3) is 0 Å². The van der Waals surface area contributed by atoms with Gasteiger partial charge in [-0.1, -0.05) is 13.8 Å². The summed E-state index contributed by atoms with van der Waals surface area (Å²) < 4.78 is 5.29. The van der Waals surface area contributed by atoms with Crippen LogP contribution in [0.4, 0.5) is 4.79 Å². The number of hydrogen-bond acceptors (Lipinski definition) is 4. The van der Waals surface area contributed by atoms with Gasteiger partial charge in [-0.15, -0.1) is 0 Å². The molecular formula is C17H32N2O4. The molecule has 6 heteroatoms. The normalized spacial score (nSPS) is 23.6. The molecule has 134 valence electrons. The molecule has 6 nitrogen and oxygen atoms in total. The van der Waals surface area contributed by atoms with Crippen molar-refractivity contribution < 1.29 is 19.4 Å². The molecule has 3 atom stereocenters. The first-order chi connectivity index (χ1) is 10.5. The topological polar surface area (TPSA) is 78.9 Å². The summed E-state index contributed by atoms with van der Waals surface area (Å²) in [4.78, 5) is 25.4. The standard InChI is InChI=1S/C17H32N2O4/c1-11(2)15(21)8-13-7-14(10-19(9-13)12(3)20)18-16(22)23-17(4,5)6/h11,13-15,21H,7-10H2,1-6H3,(H,18,22). The molecule has 1 aliphatic rings. The molecule has 0 saturated carbocycles. The van der Waals surface area contributed by atoms with Gasteiger partial charge in [0.1, 0.15) is 5.60 Å². The Kier molecular flexibility index (Phi) is 6.86. The van der Waals surface area contributed by atoms with Crippen molar-refractivity contribution in [3.8, 4) is 0 Å². The van der Waals surface area contributed by atoms with Crippen LogP contribution < -0.4 is 5.32 Å². The maximum absolute atomic E-state index is 12.0. The van der Waals surface area contributed by atoms with Crippen LogP contribution in [0.15, 0.2) is 0 Å². The van der Waals surface area contributed by atoms with Gasteiger partial charge in [-0.25, -0.2) is 4.79 Å². The fourth-order valence-electron chi connectivity index (χ4n) is 2.82. The molecule has 23 heavy (non-hydrogen) atoms. The Bertz CT molecular complexity index is 417. The second-order valence-electron chi connectivity index (χ2n) is 7.92. The minimum Gasteiger partial charge on any atom is -0.444 e. The van der Waals surface area contributed by atoms with E-state index in [0.717, 1.165) is 6.42 Å². The number of alkyl carbamates (subject to hydrolysis) is 1. The SMILES string of the molecule is CC(=O)N1CC(CC(O)C(C)C)CC(NC(=O)OC(C)(C)C)C1. The van der Waals surface area contributed by atoms with Gasteiger partial charge in [-0.2, -0.15) is 0 Å². The molecule has 0 radical (unpaired) electrons. The zero-order valence-corrected chi connectivity index (χ0v) is 15.3. The zero-order chi connectivity index (χ0) is 17.8. The number of piperidine rings is 1. The molecule has 3 unspecified atom stereocenters. The third-order valence-electron chi connectivity index (χ3n) is 4.05. The minimum absolute atomic E-state index is 0.00951. The van der Waals surface area contributed by atoms with Crippen molar-refractivity contribution in [3.05, 3.63) is 0 Å². The number of ether oxygens (including phenoxy) is 1. The Morgan fingerprint density at radius 1 is 1.30 bits per heavy atom. The van der Waals surface area contributed by atoms with E-state index >= 15 is 0 Å². The van der Waals surface area contributed by atoms with Crippen molar-refractivity contribution in [2.24, 2.45) is 11.8 Å². The Hall–Kier alpha value is -1.30. The van der Waals surface area contributed by atoms with E-state index in [1.807, 2.05) is 34.6 Å². The van der Waals surface area contributed by atoms with E-state index in [1.165, 1.54) is 6.92 Å². The first-order valence-electron chi connectivity index (χ1n) is 8.41. The second-order valence-corrected chi connectivity index (χ2v) is 7.92.